The molecule has 1 saturated carbocycles. The predicted molar refractivity (Wildman–Crippen MR) is 104 cm³/mol. The topological polar surface area (TPSA) is 116 Å². The molecule has 2 aliphatic heterocycles. The van der Waals surface area contributed by atoms with E-state index in [2.05, 4.69) is 15.5 Å². The van der Waals surface area contributed by atoms with E-state index in [-0.39, 0.29) is 12.1 Å². The molecule has 0 bridgehead atoms. The number of anilines is 1. The third-order valence-corrected chi connectivity index (χ3v) is 5.98. The fourth-order valence-corrected chi connectivity index (χ4v) is 4.39. The summed E-state index contributed by atoms with van der Waals surface area (Å²) < 4.78 is 16.6. The highest BCUT2D eigenvalue weighted by Crippen LogP contribution is 2.37. The first-order valence-electron chi connectivity index (χ1n) is 10.2. The van der Waals surface area contributed by atoms with Gasteiger partial charge in [-0.3, -0.25) is 0 Å². The molecule has 3 N–H and O–H groups in total. The van der Waals surface area contributed by atoms with Gasteiger partial charge in [0.1, 0.15) is 19.3 Å². The van der Waals surface area contributed by atoms with Crippen LogP contribution in [0.5, 0.6) is 11.5 Å². The molecule has 1 aromatic carbocycles. The summed E-state index contributed by atoms with van der Waals surface area (Å²) in [5, 5.41) is 7.08. The largest absolute Gasteiger partial charge is 0.486 e. The van der Waals surface area contributed by atoms with Crippen molar-refractivity contribution < 1.29 is 18.8 Å². The molecule has 154 valence electrons. The summed E-state index contributed by atoms with van der Waals surface area (Å²) in [7, 11) is 0. The zero-order valence-electron chi connectivity index (χ0n) is 16.2. The maximum atomic E-state index is 12.9. The van der Waals surface area contributed by atoms with Gasteiger partial charge in [-0.1, -0.05) is 18.0 Å². The molecule has 0 spiro atoms. The van der Waals surface area contributed by atoms with E-state index in [1.807, 2.05) is 0 Å². The first kappa shape index (κ1) is 18.2. The van der Waals surface area contributed by atoms with Crippen molar-refractivity contribution in [2.45, 2.75) is 50.1 Å². The number of hydrogen-bond acceptors (Lipinski definition) is 7. The Morgan fingerprint density at radius 2 is 1.97 bits per heavy atom. The number of ether oxygens (including phenoxy) is 2. The van der Waals surface area contributed by atoms with E-state index in [1.54, 1.807) is 23.1 Å². The number of rotatable bonds is 3. The van der Waals surface area contributed by atoms with E-state index >= 15 is 0 Å². The van der Waals surface area contributed by atoms with Crippen LogP contribution in [0.25, 0.3) is 0 Å². The summed E-state index contributed by atoms with van der Waals surface area (Å²) in [6.07, 6.45) is 5.55. The van der Waals surface area contributed by atoms with Crippen molar-refractivity contribution in [3.63, 3.8) is 0 Å². The van der Waals surface area contributed by atoms with Crippen molar-refractivity contribution in [2.24, 2.45) is 5.73 Å². The number of nitrogens with one attached hydrogen (secondary N) is 1. The van der Waals surface area contributed by atoms with Gasteiger partial charge in [0.2, 0.25) is 5.89 Å². The Kier molecular flexibility index (Phi) is 4.54. The Labute approximate surface area is 168 Å². The zero-order valence-corrected chi connectivity index (χ0v) is 16.2. The number of carbonyl (C=O) groups excluding carboxylic acids is 1. The first-order chi connectivity index (χ1) is 14.1. The molecule has 1 aliphatic carbocycles. The Morgan fingerprint density at radius 1 is 1.17 bits per heavy atom. The van der Waals surface area contributed by atoms with Crippen LogP contribution < -0.4 is 20.5 Å². The van der Waals surface area contributed by atoms with Crippen LogP contribution in [0.2, 0.25) is 0 Å². The van der Waals surface area contributed by atoms with Crippen LogP contribution in [0, 0.1) is 0 Å². The molecular weight excluding hydrogens is 374 g/mol. The van der Waals surface area contributed by atoms with Gasteiger partial charge in [-0.15, -0.1) is 0 Å². The average molecular weight is 399 g/mol. The quantitative estimate of drug-likeness (QED) is 0.815. The highest BCUT2D eigenvalue weighted by Gasteiger charge is 2.39. The Morgan fingerprint density at radius 3 is 2.79 bits per heavy atom. The van der Waals surface area contributed by atoms with Crippen LogP contribution in [0.4, 0.5) is 10.5 Å². The molecule has 0 unspecified atom stereocenters. The van der Waals surface area contributed by atoms with Crippen LogP contribution in [0.1, 0.15) is 56.3 Å². The maximum Gasteiger partial charge on any atom is 0.322 e. The van der Waals surface area contributed by atoms with Gasteiger partial charge in [-0.2, -0.15) is 4.98 Å². The van der Waals surface area contributed by atoms with E-state index in [0.29, 0.717) is 48.7 Å². The van der Waals surface area contributed by atoms with Crippen LogP contribution in [-0.4, -0.2) is 40.8 Å². The summed E-state index contributed by atoms with van der Waals surface area (Å²) in [6, 6.07) is 4.95. The minimum Gasteiger partial charge on any atom is -0.486 e. The second kappa shape index (κ2) is 7.22. The molecule has 29 heavy (non-hydrogen) atoms. The highest BCUT2D eigenvalue weighted by molar-refractivity contribution is 5.90. The number of hydrogen-bond donors (Lipinski definition) is 2. The Bertz CT molecular complexity index is 908. The number of fused-ring (bicyclic) bond motifs is 1. The number of carbonyl (C=O) groups is 1. The fourth-order valence-electron chi connectivity index (χ4n) is 4.39. The van der Waals surface area contributed by atoms with Gasteiger partial charge in [0.25, 0.3) is 0 Å². The third-order valence-electron chi connectivity index (χ3n) is 5.98. The van der Waals surface area contributed by atoms with Gasteiger partial charge in [-0.25, -0.2) is 4.79 Å². The molecule has 2 fully saturated rings. The van der Waals surface area contributed by atoms with Crippen LogP contribution in [0.15, 0.2) is 22.7 Å². The van der Waals surface area contributed by atoms with E-state index in [0.717, 1.165) is 38.5 Å². The second-order valence-corrected chi connectivity index (χ2v) is 7.96. The van der Waals surface area contributed by atoms with Crippen LogP contribution in [-0.2, 0) is 5.54 Å². The zero-order chi connectivity index (χ0) is 19.8. The SMILES string of the molecule is NC1(c2noc([C@@H]3CCCN3C(=O)Nc3ccc4c(c3)OCCO4)n2)CCCC1. The van der Waals surface area contributed by atoms with Crippen molar-refractivity contribution in [1.29, 1.82) is 0 Å². The molecule has 3 heterocycles. The number of benzene rings is 1. The molecule has 1 saturated heterocycles. The Hall–Kier alpha value is -2.81. The lowest BCUT2D eigenvalue weighted by molar-refractivity contribution is 0.171. The van der Waals surface area contributed by atoms with E-state index in [4.69, 9.17) is 19.7 Å². The van der Waals surface area contributed by atoms with Crippen LogP contribution >= 0.6 is 0 Å². The van der Waals surface area contributed by atoms with Crippen molar-refractivity contribution in [3.05, 3.63) is 29.9 Å². The van der Waals surface area contributed by atoms with Crippen LogP contribution in [0.3, 0.4) is 0 Å². The lowest BCUT2D eigenvalue weighted by atomic mass is 9.98. The number of likely N-dealkylation sites (tertiary alicyclic amines) is 1. The monoisotopic (exact) mass is 399 g/mol. The molecule has 5 rings (SSSR count). The molecule has 0 radical (unpaired) electrons. The van der Waals surface area contributed by atoms with E-state index in [1.165, 1.54) is 0 Å². The van der Waals surface area contributed by atoms with Gasteiger partial charge < -0.3 is 29.9 Å². The molecule has 3 aliphatic rings. The average Bonchev–Trinajstić information content (AvgIpc) is 3.48. The lowest BCUT2D eigenvalue weighted by Gasteiger charge is -2.23. The second-order valence-electron chi connectivity index (χ2n) is 7.96. The first-order valence-corrected chi connectivity index (χ1v) is 10.2. The number of aromatic nitrogens is 2. The summed E-state index contributed by atoms with van der Waals surface area (Å²) in [5.41, 5.74) is 6.60. The highest BCUT2D eigenvalue weighted by atomic mass is 16.6. The van der Waals surface area contributed by atoms with Gasteiger partial charge >= 0.3 is 6.03 Å². The number of nitrogens with two attached hydrogens (primary N) is 1. The molecule has 2 aromatic rings. The normalized spacial score (nSPS) is 22.7. The predicted octanol–water partition coefficient (Wildman–Crippen LogP) is 2.94. The fraction of sp³-hybridized carbons (Fsp3) is 0.550. The number of urea groups is 1. The van der Waals surface area contributed by atoms with Crippen molar-refractivity contribution in [1.82, 2.24) is 15.0 Å². The molecular formula is C20H25N5O4. The smallest absolute Gasteiger partial charge is 0.322 e. The summed E-state index contributed by atoms with van der Waals surface area (Å²) >= 11 is 0. The lowest BCUT2D eigenvalue weighted by Crippen LogP contribution is -2.35. The van der Waals surface area contributed by atoms with E-state index in [9.17, 15) is 4.79 Å². The summed E-state index contributed by atoms with van der Waals surface area (Å²) in [6.45, 7) is 1.66. The Balaban J connectivity index is 1.30. The standard InChI is InChI=1S/C20H25N5O4/c21-20(7-1-2-8-20)18-23-17(29-24-18)14-4-3-9-25(14)19(26)22-13-5-6-15-16(12-13)28-11-10-27-15/h5-6,12,14H,1-4,7-11,21H2,(H,22,26)/t14-/m0/s1. The molecule has 9 nitrogen and oxygen atoms in total. The minimum atomic E-state index is -0.501. The maximum absolute atomic E-state index is 12.9. The third kappa shape index (κ3) is 3.39. The summed E-state index contributed by atoms with van der Waals surface area (Å²) in [4.78, 5) is 19.2. The molecule has 2 amide bonds. The minimum absolute atomic E-state index is 0.202. The van der Waals surface area contributed by atoms with Gasteiger partial charge in [-0.05, 0) is 37.8 Å². The molecule has 1 atom stereocenters. The summed E-state index contributed by atoms with van der Waals surface area (Å²) in [5.74, 6) is 2.35. The number of amides is 2. The van der Waals surface area contributed by atoms with Crippen molar-refractivity contribution >= 4 is 11.7 Å². The van der Waals surface area contributed by atoms with Crippen molar-refractivity contribution in [2.75, 3.05) is 25.1 Å². The van der Waals surface area contributed by atoms with E-state index < -0.39 is 5.54 Å². The van der Waals surface area contributed by atoms with Gasteiger partial charge in [0.05, 0.1) is 5.54 Å². The molecule has 9 heteroatoms. The van der Waals surface area contributed by atoms with Gasteiger partial charge in [0, 0.05) is 18.3 Å². The molecule has 1 aromatic heterocycles. The van der Waals surface area contributed by atoms with Gasteiger partial charge in [0.15, 0.2) is 17.3 Å². The van der Waals surface area contributed by atoms with Crippen molar-refractivity contribution in [3.8, 4) is 11.5 Å². The number of nitrogens with zero attached hydrogens (tertiary/aromatic N) is 3.